The van der Waals surface area contributed by atoms with Crippen LogP contribution in [0.1, 0.15) is 43.4 Å². The quantitative estimate of drug-likeness (QED) is 0.268. The first-order valence-corrected chi connectivity index (χ1v) is 12.6. The van der Waals surface area contributed by atoms with E-state index < -0.39 is 17.7 Å². The van der Waals surface area contributed by atoms with E-state index in [1.165, 1.54) is 6.07 Å². The van der Waals surface area contributed by atoms with Gasteiger partial charge in [0.25, 0.3) is 0 Å². The lowest BCUT2D eigenvalue weighted by molar-refractivity contribution is -0.138. The number of carboxylic acids is 1. The number of carbonyl (C=O) groups is 1. The van der Waals surface area contributed by atoms with E-state index in [1.807, 2.05) is 63.2 Å². The predicted octanol–water partition coefficient (Wildman–Crippen LogP) is 7.25. The highest BCUT2D eigenvalue weighted by molar-refractivity contribution is 5.73. The van der Waals surface area contributed by atoms with Crippen molar-refractivity contribution in [1.82, 2.24) is 0 Å². The topological polar surface area (TPSA) is 59.0 Å². The molecule has 0 bridgehead atoms. The minimum atomic E-state index is -4.46. The summed E-state index contributed by atoms with van der Waals surface area (Å²) in [5, 5.41) is 8.94. The van der Waals surface area contributed by atoms with Crippen molar-refractivity contribution in [3.63, 3.8) is 0 Å². The third-order valence-corrected chi connectivity index (χ3v) is 6.29. The standard InChI is InChI=1S/C30H34F3NO4/c1-5-21-18-26(13-8-22(21)9-15-29(35)36)37-17-16-20(2)38-28-14-10-24(30(31,32)33)19-27(28)23-6-11-25(12-7-23)34(3)4/h6-8,10-14,18-20H,5,9,15-17H2,1-4H3,(H,35,36)/t20-/m0/s1. The van der Waals surface area contributed by atoms with Gasteiger partial charge in [-0.2, -0.15) is 13.2 Å². The number of hydrogen-bond donors (Lipinski definition) is 1. The summed E-state index contributed by atoms with van der Waals surface area (Å²) in [5.41, 5.74) is 3.26. The number of alkyl halides is 3. The van der Waals surface area contributed by atoms with Gasteiger partial charge in [0.15, 0.2) is 0 Å². The highest BCUT2D eigenvalue weighted by Crippen LogP contribution is 2.38. The Morgan fingerprint density at radius 1 is 1.00 bits per heavy atom. The zero-order valence-electron chi connectivity index (χ0n) is 22.1. The SMILES string of the molecule is CCc1cc(OCC[C@H](C)Oc2ccc(C(F)(F)F)cc2-c2ccc(N(C)C)cc2)ccc1CCC(=O)O. The van der Waals surface area contributed by atoms with E-state index in [0.29, 0.717) is 42.1 Å². The van der Waals surface area contributed by atoms with Crippen molar-refractivity contribution in [2.24, 2.45) is 0 Å². The first-order valence-electron chi connectivity index (χ1n) is 12.6. The van der Waals surface area contributed by atoms with Gasteiger partial charge >= 0.3 is 12.1 Å². The molecule has 0 fully saturated rings. The van der Waals surface area contributed by atoms with E-state index in [2.05, 4.69) is 0 Å². The molecule has 0 heterocycles. The molecule has 0 aliphatic heterocycles. The number of ether oxygens (including phenoxy) is 2. The van der Waals surface area contributed by atoms with Crippen LogP contribution in [-0.2, 0) is 23.8 Å². The van der Waals surface area contributed by atoms with Crippen LogP contribution in [0.5, 0.6) is 11.5 Å². The Labute approximate surface area is 221 Å². The fourth-order valence-electron chi connectivity index (χ4n) is 4.10. The molecule has 1 atom stereocenters. The molecule has 0 radical (unpaired) electrons. The van der Waals surface area contributed by atoms with Gasteiger partial charge in [-0.25, -0.2) is 0 Å². The van der Waals surface area contributed by atoms with Gasteiger partial charge < -0.3 is 19.5 Å². The summed E-state index contributed by atoms with van der Waals surface area (Å²) in [5.74, 6) is 0.228. The zero-order valence-corrected chi connectivity index (χ0v) is 22.1. The van der Waals surface area contributed by atoms with Gasteiger partial charge in [0.2, 0.25) is 0 Å². The molecule has 0 saturated carbocycles. The van der Waals surface area contributed by atoms with Gasteiger partial charge in [-0.1, -0.05) is 25.1 Å². The molecule has 0 aliphatic rings. The Balaban J connectivity index is 1.69. The number of carboxylic acid groups (broad SMARTS) is 1. The molecule has 1 N–H and O–H groups in total. The second-order valence-electron chi connectivity index (χ2n) is 9.39. The molecular formula is C30H34F3NO4. The number of anilines is 1. The van der Waals surface area contributed by atoms with E-state index in [1.54, 1.807) is 12.1 Å². The van der Waals surface area contributed by atoms with Crippen LogP contribution in [0.4, 0.5) is 18.9 Å². The van der Waals surface area contributed by atoms with Gasteiger partial charge in [-0.3, -0.25) is 4.79 Å². The predicted molar refractivity (Wildman–Crippen MR) is 143 cm³/mol. The van der Waals surface area contributed by atoms with Crippen LogP contribution in [0.2, 0.25) is 0 Å². The van der Waals surface area contributed by atoms with Crippen LogP contribution in [0.25, 0.3) is 11.1 Å². The Bertz CT molecular complexity index is 1220. The van der Waals surface area contributed by atoms with Gasteiger partial charge in [-0.05, 0) is 78.9 Å². The molecule has 0 unspecified atom stereocenters. The van der Waals surface area contributed by atoms with E-state index in [0.717, 1.165) is 35.4 Å². The van der Waals surface area contributed by atoms with Crippen molar-refractivity contribution in [2.45, 2.75) is 51.8 Å². The number of halogens is 3. The summed E-state index contributed by atoms with van der Waals surface area (Å²) in [6, 6.07) is 16.5. The third kappa shape index (κ3) is 7.91. The number of aryl methyl sites for hydroxylation is 2. The van der Waals surface area contributed by atoms with Gasteiger partial charge in [0, 0.05) is 38.2 Å². The maximum Gasteiger partial charge on any atom is 0.416 e. The van der Waals surface area contributed by atoms with E-state index >= 15 is 0 Å². The normalized spacial score (nSPS) is 12.2. The summed E-state index contributed by atoms with van der Waals surface area (Å²) < 4.78 is 52.3. The average molecular weight is 530 g/mol. The Morgan fingerprint density at radius 2 is 1.71 bits per heavy atom. The first-order chi connectivity index (χ1) is 18.0. The van der Waals surface area contributed by atoms with Crippen LogP contribution < -0.4 is 14.4 Å². The smallest absolute Gasteiger partial charge is 0.416 e. The highest BCUT2D eigenvalue weighted by Gasteiger charge is 2.31. The lowest BCUT2D eigenvalue weighted by atomic mass is 10.0. The molecule has 204 valence electrons. The Kier molecular flexibility index (Phi) is 9.66. The van der Waals surface area contributed by atoms with Crippen molar-refractivity contribution in [3.05, 3.63) is 77.4 Å². The number of nitrogens with zero attached hydrogens (tertiary/aromatic N) is 1. The van der Waals surface area contributed by atoms with Gasteiger partial charge in [-0.15, -0.1) is 0 Å². The molecule has 0 saturated heterocycles. The van der Waals surface area contributed by atoms with Gasteiger partial charge in [0.05, 0.1) is 18.3 Å². The summed E-state index contributed by atoms with van der Waals surface area (Å²) in [7, 11) is 3.79. The molecule has 0 spiro atoms. The lowest BCUT2D eigenvalue weighted by Crippen LogP contribution is -2.17. The van der Waals surface area contributed by atoms with Crippen LogP contribution in [0, 0.1) is 0 Å². The second-order valence-corrected chi connectivity index (χ2v) is 9.39. The third-order valence-electron chi connectivity index (χ3n) is 6.29. The molecule has 0 aliphatic carbocycles. The average Bonchev–Trinajstić information content (AvgIpc) is 2.87. The molecular weight excluding hydrogens is 495 g/mol. The Hall–Kier alpha value is -3.68. The van der Waals surface area contributed by atoms with E-state index in [9.17, 15) is 18.0 Å². The summed E-state index contributed by atoms with van der Waals surface area (Å²) >= 11 is 0. The largest absolute Gasteiger partial charge is 0.493 e. The van der Waals surface area contributed by atoms with Crippen molar-refractivity contribution < 1.29 is 32.5 Å². The summed E-state index contributed by atoms with van der Waals surface area (Å²) in [6.45, 7) is 4.22. The van der Waals surface area contributed by atoms with Crippen molar-refractivity contribution in [2.75, 3.05) is 25.6 Å². The molecule has 3 aromatic rings. The summed E-state index contributed by atoms with van der Waals surface area (Å²) in [6.07, 6.45) is -2.95. The maximum atomic E-state index is 13.4. The van der Waals surface area contributed by atoms with E-state index in [4.69, 9.17) is 14.6 Å². The molecule has 0 amide bonds. The number of rotatable bonds is 12. The molecule has 8 heteroatoms. The molecule has 3 aromatic carbocycles. The molecule has 3 rings (SSSR count). The second kappa shape index (κ2) is 12.7. The van der Waals surface area contributed by atoms with Crippen molar-refractivity contribution in [1.29, 1.82) is 0 Å². The fourth-order valence-corrected chi connectivity index (χ4v) is 4.10. The van der Waals surface area contributed by atoms with Crippen LogP contribution in [-0.4, -0.2) is 37.9 Å². The van der Waals surface area contributed by atoms with Crippen LogP contribution in [0.3, 0.4) is 0 Å². The number of benzene rings is 3. The molecule has 5 nitrogen and oxygen atoms in total. The minimum absolute atomic E-state index is 0.0772. The lowest BCUT2D eigenvalue weighted by Gasteiger charge is -2.20. The van der Waals surface area contributed by atoms with Crippen molar-refractivity contribution in [3.8, 4) is 22.6 Å². The van der Waals surface area contributed by atoms with Crippen molar-refractivity contribution >= 4 is 11.7 Å². The highest BCUT2D eigenvalue weighted by atomic mass is 19.4. The van der Waals surface area contributed by atoms with E-state index in [-0.39, 0.29) is 12.5 Å². The monoisotopic (exact) mass is 529 g/mol. The maximum absolute atomic E-state index is 13.4. The minimum Gasteiger partial charge on any atom is -0.493 e. The Morgan fingerprint density at radius 3 is 2.32 bits per heavy atom. The van der Waals surface area contributed by atoms with Crippen LogP contribution >= 0.6 is 0 Å². The zero-order chi connectivity index (χ0) is 27.9. The first kappa shape index (κ1) is 28.9. The summed E-state index contributed by atoms with van der Waals surface area (Å²) in [4.78, 5) is 12.8. The molecule has 0 aromatic heterocycles. The van der Waals surface area contributed by atoms with Gasteiger partial charge in [0.1, 0.15) is 11.5 Å². The molecule has 38 heavy (non-hydrogen) atoms. The number of hydrogen-bond acceptors (Lipinski definition) is 4. The van der Waals surface area contributed by atoms with Crippen LogP contribution in [0.15, 0.2) is 60.7 Å². The number of aliphatic carboxylic acids is 1. The fraction of sp³-hybridized carbons (Fsp3) is 0.367.